The lowest BCUT2D eigenvalue weighted by Gasteiger charge is -2.20. The van der Waals surface area contributed by atoms with Crippen LogP contribution in [0.15, 0.2) is 42.5 Å². The highest BCUT2D eigenvalue weighted by atomic mass is 32.1. The summed E-state index contributed by atoms with van der Waals surface area (Å²) in [6.45, 7) is 1.71. The number of nitrogens with one attached hydrogen (secondary N) is 2. The van der Waals surface area contributed by atoms with Gasteiger partial charge in [-0.05, 0) is 49.5 Å². The number of ether oxygens (including phenoxy) is 2. The Labute approximate surface area is 190 Å². The Morgan fingerprint density at radius 2 is 1.72 bits per heavy atom. The lowest BCUT2D eigenvalue weighted by Crippen LogP contribution is -2.25. The van der Waals surface area contributed by atoms with Crippen LogP contribution in [0.2, 0.25) is 0 Å². The van der Waals surface area contributed by atoms with Crippen LogP contribution in [0.1, 0.15) is 30.7 Å². The van der Waals surface area contributed by atoms with Crippen LogP contribution in [0.4, 0.5) is 11.4 Å². The number of anilines is 2. The summed E-state index contributed by atoms with van der Waals surface area (Å²) in [6.07, 6.45) is 0.827. The topological polar surface area (TPSA) is 92.8 Å². The van der Waals surface area contributed by atoms with E-state index in [0.29, 0.717) is 27.9 Å². The highest BCUT2D eigenvalue weighted by Gasteiger charge is 2.23. The molecule has 2 heterocycles. The molecule has 166 valence electrons. The van der Waals surface area contributed by atoms with Gasteiger partial charge in [0.15, 0.2) is 5.01 Å². The van der Waals surface area contributed by atoms with Crippen molar-refractivity contribution in [3.63, 3.8) is 0 Å². The van der Waals surface area contributed by atoms with Crippen LogP contribution in [-0.2, 0) is 13.0 Å². The molecule has 0 spiro atoms. The predicted octanol–water partition coefficient (Wildman–Crippen LogP) is 3.65. The van der Waals surface area contributed by atoms with Gasteiger partial charge in [-0.1, -0.05) is 0 Å². The van der Waals surface area contributed by atoms with Crippen molar-refractivity contribution in [1.82, 2.24) is 9.88 Å². The molecular weight excluding hydrogens is 428 g/mol. The van der Waals surface area contributed by atoms with E-state index in [0.717, 1.165) is 30.1 Å². The number of fused-ring (bicyclic) bond motifs is 1. The number of benzene rings is 2. The Hall–Kier alpha value is -3.43. The van der Waals surface area contributed by atoms with Gasteiger partial charge in [0, 0.05) is 30.1 Å². The van der Waals surface area contributed by atoms with Crippen LogP contribution < -0.4 is 20.1 Å². The zero-order valence-corrected chi connectivity index (χ0v) is 18.9. The van der Waals surface area contributed by atoms with E-state index < -0.39 is 0 Å². The van der Waals surface area contributed by atoms with Gasteiger partial charge in [0.2, 0.25) is 0 Å². The average Bonchev–Trinajstić information content (AvgIpc) is 3.23. The van der Waals surface area contributed by atoms with Gasteiger partial charge in [-0.2, -0.15) is 0 Å². The minimum Gasteiger partial charge on any atom is -0.497 e. The van der Waals surface area contributed by atoms with Crippen molar-refractivity contribution in [3.8, 4) is 11.5 Å². The summed E-state index contributed by atoms with van der Waals surface area (Å²) in [6, 6.07) is 11.9. The minimum atomic E-state index is -0.371. The fraction of sp³-hybridized carbons (Fsp3) is 0.261. The molecule has 1 aliphatic heterocycles. The molecule has 0 aliphatic carbocycles. The molecule has 2 amide bonds. The Morgan fingerprint density at radius 3 is 2.44 bits per heavy atom. The third-order valence-electron chi connectivity index (χ3n) is 5.18. The molecule has 0 radical (unpaired) electrons. The summed E-state index contributed by atoms with van der Waals surface area (Å²) < 4.78 is 10.4. The van der Waals surface area contributed by atoms with E-state index in [-0.39, 0.29) is 17.4 Å². The van der Waals surface area contributed by atoms with Crippen molar-refractivity contribution in [2.24, 2.45) is 0 Å². The van der Waals surface area contributed by atoms with Crippen LogP contribution in [0.5, 0.6) is 11.5 Å². The second kappa shape index (κ2) is 9.37. The van der Waals surface area contributed by atoms with Gasteiger partial charge in [0.1, 0.15) is 11.5 Å². The van der Waals surface area contributed by atoms with Crippen molar-refractivity contribution in [1.29, 1.82) is 0 Å². The number of rotatable bonds is 6. The van der Waals surface area contributed by atoms with Gasteiger partial charge in [-0.3, -0.25) is 9.59 Å². The largest absolute Gasteiger partial charge is 0.497 e. The smallest absolute Gasteiger partial charge is 0.284 e. The lowest BCUT2D eigenvalue weighted by molar-refractivity contribution is 0.102. The molecule has 0 bridgehead atoms. The van der Waals surface area contributed by atoms with Gasteiger partial charge < -0.3 is 25.0 Å². The average molecular weight is 453 g/mol. The van der Waals surface area contributed by atoms with E-state index in [1.165, 1.54) is 18.4 Å². The summed E-state index contributed by atoms with van der Waals surface area (Å²) in [7, 11) is 5.15. The van der Waals surface area contributed by atoms with Gasteiger partial charge in [0.05, 0.1) is 31.2 Å². The molecule has 0 fully saturated rings. The van der Waals surface area contributed by atoms with E-state index in [2.05, 4.69) is 20.5 Å². The summed E-state index contributed by atoms with van der Waals surface area (Å²) in [5, 5.41) is 6.07. The number of thiazole rings is 1. The van der Waals surface area contributed by atoms with E-state index >= 15 is 0 Å². The number of hydrogen-bond acceptors (Lipinski definition) is 7. The predicted molar refractivity (Wildman–Crippen MR) is 124 cm³/mol. The highest BCUT2D eigenvalue weighted by molar-refractivity contribution is 7.13. The van der Waals surface area contributed by atoms with Crippen molar-refractivity contribution in [3.05, 3.63) is 63.6 Å². The number of hydrogen-bond donors (Lipinski definition) is 2. The first-order valence-electron chi connectivity index (χ1n) is 10.1. The van der Waals surface area contributed by atoms with E-state index in [1.807, 2.05) is 7.05 Å². The standard InChI is InChI=1S/C23H24N4O4S/c1-27-11-10-19-20(13-27)32-23(26-19)22(29)25-18-9-8-16(31-3)12-17(18)21(28)24-14-4-6-15(30-2)7-5-14/h4-9,12H,10-11,13H2,1-3H3,(H,24,28)(H,25,29). The zero-order chi connectivity index (χ0) is 22.7. The van der Waals surface area contributed by atoms with Crippen LogP contribution in [-0.4, -0.2) is 49.5 Å². The maximum Gasteiger partial charge on any atom is 0.284 e. The molecule has 32 heavy (non-hydrogen) atoms. The first kappa shape index (κ1) is 21.8. The fourth-order valence-corrected chi connectivity index (χ4v) is 4.50. The van der Waals surface area contributed by atoms with E-state index in [1.54, 1.807) is 49.6 Å². The number of likely N-dealkylation sites (N-methyl/N-ethyl adjacent to an activating group) is 1. The molecular formula is C23H24N4O4S. The van der Waals surface area contributed by atoms with Crippen LogP contribution >= 0.6 is 11.3 Å². The molecule has 1 aliphatic rings. The van der Waals surface area contributed by atoms with Gasteiger partial charge in [0.25, 0.3) is 11.8 Å². The summed E-state index contributed by atoms with van der Waals surface area (Å²) in [5.74, 6) is 0.491. The Morgan fingerprint density at radius 1 is 1.00 bits per heavy atom. The molecule has 9 heteroatoms. The lowest BCUT2D eigenvalue weighted by atomic mass is 10.1. The van der Waals surface area contributed by atoms with Crippen molar-refractivity contribution >= 4 is 34.5 Å². The van der Waals surface area contributed by atoms with E-state index in [4.69, 9.17) is 9.47 Å². The Balaban J connectivity index is 1.56. The third-order valence-corrected chi connectivity index (χ3v) is 6.26. The van der Waals surface area contributed by atoms with Crippen LogP contribution in [0, 0.1) is 0 Å². The first-order valence-corrected chi connectivity index (χ1v) is 10.9. The number of carbonyl (C=O) groups excluding carboxylic acids is 2. The number of amides is 2. The number of carbonyl (C=O) groups is 2. The van der Waals surface area contributed by atoms with Gasteiger partial charge in [-0.25, -0.2) is 4.98 Å². The van der Waals surface area contributed by atoms with Gasteiger partial charge >= 0.3 is 0 Å². The molecule has 1 aromatic heterocycles. The second-order valence-electron chi connectivity index (χ2n) is 7.42. The molecule has 0 atom stereocenters. The fourth-order valence-electron chi connectivity index (χ4n) is 3.42. The molecule has 8 nitrogen and oxygen atoms in total. The monoisotopic (exact) mass is 452 g/mol. The Bertz CT molecular complexity index is 1140. The normalized spacial score (nSPS) is 13.2. The van der Waals surface area contributed by atoms with Gasteiger partial charge in [-0.15, -0.1) is 11.3 Å². The quantitative estimate of drug-likeness (QED) is 0.593. The minimum absolute atomic E-state index is 0.287. The molecule has 4 rings (SSSR count). The molecule has 3 aromatic rings. The van der Waals surface area contributed by atoms with Crippen LogP contribution in [0.3, 0.4) is 0 Å². The van der Waals surface area contributed by atoms with E-state index in [9.17, 15) is 9.59 Å². The van der Waals surface area contributed by atoms with Crippen molar-refractivity contribution in [2.45, 2.75) is 13.0 Å². The maximum atomic E-state index is 13.0. The number of methoxy groups -OCH3 is 2. The van der Waals surface area contributed by atoms with Crippen LogP contribution in [0.25, 0.3) is 0 Å². The van der Waals surface area contributed by atoms with Crippen molar-refractivity contribution in [2.75, 3.05) is 38.4 Å². The number of aromatic nitrogens is 1. The molecule has 0 saturated carbocycles. The number of nitrogens with zero attached hydrogens (tertiary/aromatic N) is 2. The highest BCUT2D eigenvalue weighted by Crippen LogP contribution is 2.27. The SMILES string of the molecule is COc1ccc(NC(=O)c2cc(OC)ccc2NC(=O)c2nc3c(s2)CN(C)CC3)cc1. The summed E-state index contributed by atoms with van der Waals surface area (Å²) in [5.41, 5.74) is 2.25. The van der Waals surface area contributed by atoms with Crippen molar-refractivity contribution < 1.29 is 19.1 Å². The first-order chi connectivity index (χ1) is 15.5. The second-order valence-corrected chi connectivity index (χ2v) is 8.51. The molecule has 0 saturated heterocycles. The molecule has 0 unspecified atom stereocenters. The summed E-state index contributed by atoms with van der Waals surface area (Å²) in [4.78, 5) is 33.7. The Kier molecular flexibility index (Phi) is 6.38. The molecule has 2 aromatic carbocycles. The zero-order valence-electron chi connectivity index (χ0n) is 18.1. The molecule has 2 N–H and O–H groups in total. The summed E-state index contributed by atoms with van der Waals surface area (Å²) >= 11 is 1.39. The maximum absolute atomic E-state index is 13.0. The third kappa shape index (κ3) is 4.74.